The van der Waals surface area contributed by atoms with Crippen LogP contribution in [0.3, 0.4) is 0 Å². The summed E-state index contributed by atoms with van der Waals surface area (Å²) in [7, 11) is 0. The number of aliphatic hydroxyl groups is 3. The van der Waals surface area contributed by atoms with Crippen LogP contribution in [-0.4, -0.2) is 71.6 Å². The first kappa shape index (κ1) is 16.6. The number of carbonyl (C=O) groups is 1. The van der Waals surface area contributed by atoms with Crippen LogP contribution in [0.4, 0.5) is 0 Å². The summed E-state index contributed by atoms with van der Waals surface area (Å²) in [5, 5.41) is 34.4. The molecule has 0 aliphatic carbocycles. The highest BCUT2D eigenvalue weighted by Gasteiger charge is 2.45. The molecule has 10 nitrogen and oxygen atoms in total. The second-order valence-electron chi connectivity index (χ2n) is 4.26. The Hall–Kier alpha value is -1.42. The molecule has 1 heterocycles. The van der Waals surface area contributed by atoms with E-state index in [4.69, 9.17) is 20.1 Å². The molecule has 1 saturated heterocycles. The zero-order valence-electron chi connectivity index (χ0n) is 10.9. The summed E-state index contributed by atoms with van der Waals surface area (Å²) >= 11 is 0. The third-order valence-corrected chi connectivity index (χ3v) is 2.79. The van der Waals surface area contributed by atoms with Crippen LogP contribution in [0.1, 0.15) is 6.92 Å². The molecule has 1 amide bonds. The van der Waals surface area contributed by atoms with Gasteiger partial charge in [0.2, 0.25) is 5.91 Å². The molecule has 0 aromatic heterocycles. The Morgan fingerprint density at radius 3 is 2.75 bits per heavy atom. The van der Waals surface area contributed by atoms with Crippen molar-refractivity contribution < 1.29 is 29.6 Å². The second-order valence-corrected chi connectivity index (χ2v) is 4.26. The van der Waals surface area contributed by atoms with Crippen molar-refractivity contribution in [2.75, 3.05) is 19.8 Å². The smallest absolute Gasteiger partial charge is 0.217 e. The van der Waals surface area contributed by atoms with Crippen molar-refractivity contribution in [1.29, 1.82) is 0 Å². The molecule has 20 heavy (non-hydrogen) atoms. The van der Waals surface area contributed by atoms with Crippen molar-refractivity contribution >= 4 is 5.91 Å². The first-order chi connectivity index (χ1) is 9.51. The minimum absolute atomic E-state index is 0.00573. The molecule has 0 spiro atoms. The van der Waals surface area contributed by atoms with Gasteiger partial charge in [-0.05, 0) is 5.53 Å². The van der Waals surface area contributed by atoms with Gasteiger partial charge < -0.3 is 30.1 Å². The Morgan fingerprint density at radius 2 is 2.20 bits per heavy atom. The molecule has 5 atom stereocenters. The summed E-state index contributed by atoms with van der Waals surface area (Å²) < 4.78 is 10.5. The van der Waals surface area contributed by atoms with E-state index in [1.807, 2.05) is 0 Å². The van der Waals surface area contributed by atoms with E-state index in [1.54, 1.807) is 0 Å². The molecule has 0 unspecified atom stereocenters. The topological polar surface area (TPSA) is 157 Å². The van der Waals surface area contributed by atoms with Gasteiger partial charge >= 0.3 is 0 Å². The normalized spacial score (nSPS) is 33.3. The van der Waals surface area contributed by atoms with E-state index in [9.17, 15) is 15.0 Å². The van der Waals surface area contributed by atoms with Crippen molar-refractivity contribution in [3.8, 4) is 0 Å². The quantitative estimate of drug-likeness (QED) is 0.197. The van der Waals surface area contributed by atoms with E-state index < -0.39 is 43.2 Å². The van der Waals surface area contributed by atoms with Gasteiger partial charge in [0, 0.05) is 18.4 Å². The first-order valence-corrected chi connectivity index (χ1v) is 6.03. The minimum atomic E-state index is -1.35. The number of nitrogens with one attached hydrogen (secondary N) is 1. The van der Waals surface area contributed by atoms with E-state index in [0.717, 1.165) is 0 Å². The van der Waals surface area contributed by atoms with E-state index >= 15 is 0 Å². The molecule has 114 valence electrons. The molecule has 1 aliphatic rings. The maximum Gasteiger partial charge on any atom is 0.217 e. The molecule has 10 heteroatoms. The van der Waals surface area contributed by atoms with Gasteiger partial charge in [0.1, 0.15) is 24.4 Å². The van der Waals surface area contributed by atoms with Crippen molar-refractivity contribution in [3.63, 3.8) is 0 Å². The van der Waals surface area contributed by atoms with Gasteiger partial charge in [-0.15, -0.1) is 0 Å². The van der Waals surface area contributed by atoms with Gasteiger partial charge in [0.25, 0.3) is 0 Å². The molecule has 0 aromatic rings. The van der Waals surface area contributed by atoms with Crippen LogP contribution in [0, 0.1) is 0 Å². The Labute approximate surface area is 114 Å². The van der Waals surface area contributed by atoms with Gasteiger partial charge in [-0.2, -0.15) is 0 Å². The van der Waals surface area contributed by atoms with Gasteiger partial charge in [-0.1, -0.05) is 5.11 Å². The number of nitrogens with zero attached hydrogens (tertiary/aromatic N) is 3. The number of azide groups is 1. The number of amides is 1. The fraction of sp³-hybridized carbons (Fsp3) is 0.900. The lowest BCUT2D eigenvalue weighted by Crippen LogP contribution is -2.64. The molecule has 0 radical (unpaired) electrons. The highest BCUT2D eigenvalue weighted by molar-refractivity contribution is 5.73. The van der Waals surface area contributed by atoms with Crippen LogP contribution in [0.25, 0.3) is 10.4 Å². The summed E-state index contributed by atoms with van der Waals surface area (Å²) in [5.74, 6) is -0.434. The average molecular weight is 290 g/mol. The number of rotatable bonds is 6. The van der Waals surface area contributed by atoms with Crippen LogP contribution >= 0.6 is 0 Å². The molecular formula is C10H18N4O6. The van der Waals surface area contributed by atoms with Gasteiger partial charge in [-0.25, -0.2) is 0 Å². The fourth-order valence-corrected chi connectivity index (χ4v) is 1.87. The van der Waals surface area contributed by atoms with Crippen molar-refractivity contribution in [1.82, 2.24) is 5.32 Å². The van der Waals surface area contributed by atoms with Crippen LogP contribution in [0.5, 0.6) is 0 Å². The summed E-state index contributed by atoms with van der Waals surface area (Å²) in [6.45, 7) is 0.785. The molecule has 0 aromatic carbocycles. The van der Waals surface area contributed by atoms with Gasteiger partial charge in [-0.3, -0.25) is 4.79 Å². The predicted octanol–water partition coefficient (Wildman–Crippen LogP) is -1.74. The van der Waals surface area contributed by atoms with E-state index in [1.165, 1.54) is 6.92 Å². The number of hydrogen-bond donors (Lipinski definition) is 4. The number of carbonyl (C=O) groups excluding carboxylic acids is 1. The highest BCUT2D eigenvalue weighted by atomic mass is 16.7. The Kier molecular flexibility index (Phi) is 6.65. The second kappa shape index (κ2) is 8.00. The van der Waals surface area contributed by atoms with Gasteiger partial charge in [0.05, 0.1) is 13.2 Å². The lowest BCUT2D eigenvalue weighted by Gasteiger charge is -2.42. The van der Waals surface area contributed by atoms with Crippen molar-refractivity contribution in [2.45, 2.75) is 37.6 Å². The Balaban J connectivity index is 2.72. The van der Waals surface area contributed by atoms with Crippen LogP contribution in [-0.2, 0) is 14.3 Å². The monoisotopic (exact) mass is 290 g/mol. The lowest BCUT2D eigenvalue weighted by atomic mass is 9.97. The molecule has 0 bridgehead atoms. The molecule has 1 aliphatic heterocycles. The summed E-state index contributed by atoms with van der Waals surface area (Å²) in [6.07, 6.45) is -4.80. The standard InChI is InChI=1S/C10H18N4O6/c1-5(16)13-7-9(18)8(17)6(4-15)20-10(7)19-3-2-12-14-11/h6-10,15,17-18H,2-4H2,1H3,(H,13,16)/t6-,7-,8+,9+,10+/m0/s1. The van der Waals surface area contributed by atoms with Crippen LogP contribution in [0.2, 0.25) is 0 Å². The molecular weight excluding hydrogens is 272 g/mol. The third-order valence-electron chi connectivity index (χ3n) is 2.79. The zero-order chi connectivity index (χ0) is 15.1. The summed E-state index contributed by atoms with van der Waals surface area (Å²) in [4.78, 5) is 13.7. The predicted molar refractivity (Wildman–Crippen MR) is 65.3 cm³/mol. The minimum Gasteiger partial charge on any atom is -0.394 e. The zero-order valence-corrected chi connectivity index (χ0v) is 10.9. The summed E-state index contributed by atoms with van der Waals surface area (Å²) in [6, 6.07) is -0.989. The number of ether oxygens (including phenoxy) is 2. The summed E-state index contributed by atoms with van der Waals surface area (Å²) in [5.41, 5.74) is 8.14. The fourth-order valence-electron chi connectivity index (χ4n) is 1.87. The van der Waals surface area contributed by atoms with E-state index in [-0.39, 0.29) is 13.2 Å². The molecule has 0 saturated carbocycles. The first-order valence-electron chi connectivity index (χ1n) is 6.03. The van der Waals surface area contributed by atoms with Crippen molar-refractivity contribution in [3.05, 3.63) is 10.4 Å². The van der Waals surface area contributed by atoms with Gasteiger partial charge in [0.15, 0.2) is 6.29 Å². The SMILES string of the molecule is CC(=O)N[C@@H]1[C@H](OCCN=[N+]=[N-])O[C@@H](CO)[C@@H](O)[C@@H]1O. The molecule has 4 N–H and O–H groups in total. The third kappa shape index (κ3) is 4.30. The average Bonchev–Trinajstić information content (AvgIpc) is 2.41. The highest BCUT2D eigenvalue weighted by Crippen LogP contribution is 2.22. The Morgan fingerprint density at radius 1 is 1.50 bits per heavy atom. The van der Waals surface area contributed by atoms with Crippen molar-refractivity contribution in [2.24, 2.45) is 5.11 Å². The van der Waals surface area contributed by atoms with E-state index in [2.05, 4.69) is 15.3 Å². The van der Waals surface area contributed by atoms with Crippen LogP contribution < -0.4 is 5.32 Å². The maximum atomic E-state index is 11.1. The molecule has 1 fully saturated rings. The maximum absolute atomic E-state index is 11.1. The largest absolute Gasteiger partial charge is 0.394 e. The number of aliphatic hydroxyl groups excluding tert-OH is 3. The number of hydrogen-bond acceptors (Lipinski definition) is 7. The van der Waals surface area contributed by atoms with Crippen LogP contribution in [0.15, 0.2) is 5.11 Å². The molecule has 1 rings (SSSR count). The Bertz CT molecular complexity index is 375. The lowest BCUT2D eigenvalue weighted by molar-refractivity contribution is -0.269. The van der Waals surface area contributed by atoms with E-state index in [0.29, 0.717) is 0 Å².